The van der Waals surface area contributed by atoms with Crippen molar-refractivity contribution in [3.05, 3.63) is 24.6 Å². The van der Waals surface area contributed by atoms with Gasteiger partial charge in [-0.2, -0.15) is 4.90 Å². The van der Waals surface area contributed by atoms with Gasteiger partial charge in [-0.05, 0) is 0 Å². The SMILES string of the molecule is CN1[C+]=CC=C1. The molecule has 1 heteroatoms. The van der Waals surface area contributed by atoms with Gasteiger partial charge in [-0.3, -0.25) is 0 Å². The molecule has 0 fully saturated rings. The summed E-state index contributed by atoms with van der Waals surface area (Å²) in [5, 5.41) is 0. The average molecular weight is 80.1 g/mol. The molecule has 1 nitrogen and oxygen atoms in total. The van der Waals surface area contributed by atoms with E-state index in [0.29, 0.717) is 0 Å². The molecule has 0 aliphatic carbocycles. The van der Waals surface area contributed by atoms with Crippen molar-refractivity contribution in [1.29, 1.82) is 0 Å². The Balaban J connectivity index is 2.60. The molecule has 0 aromatic carbocycles. The Hall–Kier alpha value is -0.810. The van der Waals surface area contributed by atoms with Gasteiger partial charge < -0.3 is 0 Å². The topological polar surface area (TPSA) is 3.24 Å². The summed E-state index contributed by atoms with van der Waals surface area (Å²) in [5.41, 5.74) is 0. The predicted octanol–water partition coefficient (Wildman–Crippen LogP) is 0.762. The summed E-state index contributed by atoms with van der Waals surface area (Å²) in [4.78, 5) is 1.88. The first-order valence-electron chi connectivity index (χ1n) is 1.88. The number of rotatable bonds is 0. The van der Waals surface area contributed by atoms with E-state index >= 15 is 0 Å². The third kappa shape index (κ3) is 0.399. The van der Waals surface area contributed by atoms with Crippen LogP contribution in [0, 0.1) is 6.20 Å². The smallest absolute Gasteiger partial charge is 0.155 e. The van der Waals surface area contributed by atoms with Crippen molar-refractivity contribution in [3.63, 3.8) is 0 Å². The van der Waals surface area contributed by atoms with Gasteiger partial charge in [0.25, 0.3) is 0 Å². The van der Waals surface area contributed by atoms with Crippen LogP contribution in [0.25, 0.3) is 0 Å². The fraction of sp³-hybridized carbons (Fsp3) is 0.200. The molecule has 1 aliphatic rings. The molecular weight excluding hydrogens is 74.1 g/mol. The highest BCUT2D eigenvalue weighted by atomic mass is 15.1. The van der Waals surface area contributed by atoms with E-state index in [1.54, 1.807) is 0 Å². The highest BCUT2D eigenvalue weighted by Gasteiger charge is 1.96. The molecule has 0 saturated carbocycles. The van der Waals surface area contributed by atoms with Crippen molar-refractivity contribution in [1.82, 2.24) is 4.90 Å². The molecule has 0 saturated heterocycles. The van der Waals surface area contributed by atoms with Crippen LogP contribution in [0.15, 0.2) is 18.4 Å². The fourth-order valence-corrected chi connectivity index (χ4v) is 0.376. The molecule has 0 N–H and O–H groups in total. The lowest BCUT2D eigenvalue weighted by atomic mass is 10.6. The number of allylic oxidation sites excluding steroid dienone is 2. The molecule has 0 spiro atoms. The van der Waals surface area contributed by atoms with Crippen LogP contribution in [0.2, 0.25) is 0 Å². The van der Waals surface area contributed by atoms with E-state index in [9.17, 15) is 0 Å². The normalized spacial score (nSPS) is 15.8. The van der Waals surface area contributed by atoms with E-state index in [1.807, 2.05) is 30.3 Å². The second-order valence-electron chi connectivity index (χ2n) is 1.25. The van der Waals surface area contributed by atoms with E-state index < -0.39 is 0 Å². The Kier molecular flexibility index (Phi) is 0.627. The van der Waals surface area contributed by atoms with E-state index in [-0.39, 0.29) is 0 Å². The molecule has 0 radical (unpaired) electrons. The lowest BCUT2D eigenvalue weighted by Crippen LogP contribution is -1.94. The van der Waals surface area contributed by atoms with Crippen molar-refractivity contribution < 1.29 is 0 Å². The molecule has 1 aliphatic heterocycles. The minimum atomic E-state index is 1.88. The number of nitrogens with zero attached hydrogens (tertiary/aromatic N) is 1. The van der Waals surface area contributed by atoms with Crippen molar-refractivity contribution in [2.75, 3.05) is 7.05 Å². The molecule has 0 bridgehead atoms. The average Bonchev–Trinajstić information content (AvgIpc) is 1.86. The van der Waals surface area contributed by atoms with Gasteiger partial charge in [0.15, 0.2) is 6.20 Å². The maximum atomic E-state index is 2.92. The maximum Gasteiger partial charge on any atom is 0.155 e. The van der Waals surface area contributed by atoms with Crippen LogP contribution < -0.4 is 0 Å². The highest BCUT2D eigenvalue weighted by Crippen LogP contribution is 1.92. The van der Waals surface area contributed by atoms with Gasteiger partial charge in [0.1, 0.15) is 18.4 Å². The summed E-state index contributed by atoms with van der Waals surface area (Å²) in [6.45, 7) is 0. The van der Waals surface area contributed by atoms with Gasteiger partial charge in [0.05, 0.1) is 0 Å². The first kappa shape index (κ1) is 3.38. The molecule has 6 heavy (non-hydrogen) atoms. The monoisotopic (exact) mass is 80.0 g/mol. The Bertz CT molecular complexity index is 80.1. The second-order valence-corrected chi connectivity index (χ2v) is 1.25. The van der Waals surface area contributed by atoms with Gasteiger partial charge in [0, 0.05) is 7.05 Å². The van der Waals surface area contributed by atoms with Crippen LogP contribution in [0.1, 0.15) is 0 Å². The summed E-state index contributed by atoms with van der Waals surface area (Å²) in [5.74, 6) is 0. The molecule has 0 unspecified atom stereocenters. The fourth-order valence-electron chi connectivity index (χ4n) is 0.376. The van der Waals surface area contributed by atoms with Crippen LogP contribution in [-0.2, 0) is 0 Å². The van der Waals surface area contributed by atoms with Gasteiger partial charge in [0.2, 0.25) is 0 Å². The Morgan fingerprint density at radius 3 is 2.67 bits per heavy atom. The lowest BCUT2D eigenvalue weighted by molar-refractivity contribution is 0.612. The summed E-state index contributed by atoms with van der Waals surface area (Å²) in [6, 6.07) is 0. The largest absolute Gasteiger partial charge is 0.195 e. The Morgan fingerprint density at radius 2 is 2.50 bits per heavy atom. The third-order valence-corrected chi connectivity index (χ3v) is 0.684. The molecular formula is C5H6N+. The zero-order valence-electron chi connectivity index (χ0n) is 3.68. The summed E-state index contributed by atoms with van der Waals surface area (Å²) in [6.07, 6.45) is 8.68. The molecule has 0 aromatic heterocycles. The Morgan fingerprint density at radius 1 is 1.67 bits per heavy atom. The number of hydrogen-bond acceptors (Lipinski definition) is 1. The summed E-state index contributed by atoms with van der Waals surface area (Å²) < 4.78 is 0. The maximum absolute atomic E-state index is 2.92. The molecule has 1 rings (SSSR count). The van der Waals surface area contributed by atoms with Gasteiger partial charge in [-0.1, -0.05) is 0 Å². The first-order valence-corrected chi connectivity index (χ1v) is 1.88. The minimum Gasteiger partial charge on any atom is -0.195 e. The Labute approximate surface area is 37.6 Å². The van der Waals surface area contributed by atoms with Gasteiger partial charge in [-0.25, -0.2) is 0 Å². The lowest BCUT2D eigenvalue weighted by Gasteiger charge is -1.83. The zero-order valence-corrected chi connectivity index (χ0v) is 3.68. The van der Waals surface area contributed by atoms with Crippen LogP contribution in [0.3, 0.4) is 0 Å². The zero-order chi connectivity index (χ0) is 4.41. The molecule has 0 aromatic rings. The van der Waals surface area contributed by atoms with Gasteiger partial charge >= 0.3 is 0 Å². The van der Waals surface area contributed by atoms with Crippen LogP contribution in [0.4, 0.5) is 0 Å². The number of hydrogen-bond donors (Lipinski definition) is 0. The van der Waals surface area contributed by atoms with E-state index in [2.05, 4.69) is 6.20 Å². The molecule has 0 atom stereocenters. The molecule has 30 valence electrons. The predicted molar refractivity (Wildman–Crippen MR) is 24.7 cm³/mol. The molecule has 1 heterocycles. The van der Waals surface area contributed by atoms with Crippen LogP contribution in [0.5, 0.6) is 0 Å². The van der Waals surface area contributed by atoms with Crippen LogP contribution in [-0.4, -0.2) is 11.9 Å². The van der Waals surface area contributed by atoms with E-state index in [1.165, 1.54) is 0 Å². The van der Waals surface area contributed by atoms with E-state index in [0.717, 1.165) is 0 Å². The first-order chi connectivity index (χ1) is 2.89. The third-order valence-electron chi connectivity index (χ3n) is 0.684. The quantitative estimate of drug-likeness (QED) is 0.388. The summed E-state index contributed by atoms with van der Waals surface area (Å²) >= 11 is 0. The van der Waals surface area contributed by atoms with E-state index in [4.69, 9.17) is 0 Å². The second kappa shape index (κ2) is 1.11. The standard InChI is InChI=1S/C5H6N/c1-6-4-2-3-5-6/h2-4H,1H3/q+1. The van der Waals surface area contributed by atoms with Gasteiger partial charge in [-0.15, -0.1) is 0 Å². The molecule has 0 amide bonds. The van der Waals surface area contributed by atoms with Crippen molar-refractivity contribution in [2.45, 2.75) is 0 Å². The van der Waals surface area contributed by atoms with Crippen molar-refractivity contribution in [2.24, 2.45) is 0 Å². The van der Waals surface area contributed by atoms with Crippen molar-refractivity contribution >= 4 is 0 Å². The van der Waals surface area contributed by atoms with Crippen molar-refractivity contribution in [3.8, 4) is 0 Å². The highest BCUT2D eigenvalue weighted by molar-refractivity contribution is 5.05. The minimum absolute atomic E-state index is 1.88. The van der Waals surface area contributed by atoms with Crippen LogP contribution >= 0.6 is 0 Å². The summed E-state index contributed by atoms with van der Waals surface area (Å²) in [7, 11) is 1.94.